The van der Waals surface area contributed by atoms with Gasteiger partial charge >= 0.3 is 0 Å². The third-order valence-electron chi connectivity index (χ3n) is 2.92. The number of ether oxygens (including phenoxy) is 1. The molecule has 0 amide bonds. The van der Waals surface area contributed by atoms with Crippen molar-refractivity contribution in [1.82, 2.24) is 9.97 Å². The number of nitrogens with zero attached hydrogens (tertiary/aromatic N) is 2. The van der Waals surface area contributed by atoms with Gasteiger partial charge in [-0.25, -0.2) is 9.97 Å². The van der Waals surface area contributed by atoms with E-state index < -0.39 is 0 Å². The zero-order valence-corrected chi connectivity index (χ0v) is 13.1. The largest absolute Gasteiger partial charge is 0.378 e. The summed E-state index contributed by atoms with van der Waals surface area (Å²) in [5.41, 5.74) is 0.915. The molecular weight excluding hydrogens is 314 g/mol. The molecule has 1 saturated heterocycles. The first-order chi connectivity index (χ1) is 8.76. The van der Waals surface area contributed by atoms with Crippen molar-refractivity contribution in [3.8, 4) is 0 Å². The molecule has 100 valence electrons. The van der Waals surface area contributed by atoms with Crippen LogP contribution in [0.15, 0.2) is 4.47 Å². The summed E-state index contributed by atoms with van der Waals surface area (Å²) in [5.74, 6) is 2.98. The molecule has 0 bridgehead atoms. The first kappa shape index (κ1) is 14.1. The van der Waals surface area contributed by atoms with Crippen LogP contribution < -0.4 is 5.32 Å². The standard InChI is InChI=1S/C12H18BrN3OS/c1-14-12-10(13)8(7-17-2)15-11(16-12)9-5-3-4-6-18-9/h9H,3-7H2,1-2H3,(H,14,15,16). The van der Waals surface area contributed by atoms with Crippen molar-refractivity contribution < 1.29 is 4.74 Å². The lowest BCUT2D eigenvalue weighted by Gasteiger charge is -2.21. The molecule has 1 N–H and O–H groups in total. The van der Waals surface area contributed by atoms with Crippen LogP contribution in [0, 0.1) is 0 Å². The molecule has 18 heavy (non-hydrogen) atoms. The zero-order valence-electron chi connectivity index (χ0n) is 10.7. The number of aromatic nitrogens is 2. The molecule has 1 fully saturated rings. The van der Waals surface area contributed by atoms with Crippen LogP contribution in [0.2, 0.25) is 0 Å². The fourth-order valence-electron chi connectivity index (χ4n) is 2.00. The van der Waals surface area contributed by atoms with Gasteiger partial charge in [-0.05, 0) is 34.5 Å². The fraction of sp³-hybridized carbons (Fsp3) is 0.667. The number of hydrogen-bond donors (Lipinski definition) is 1. The number of hydrogen-bond acceptors (Lipinski definition) is 5. The van der Waals surface area contributed by atoms with Crippen LogP contribution in [0.1, 0.15) is 36.0 Å². The highest BCUT2D eigenvalue weighted by molar-refractivity contribution is 9.10. The fourth-order valence-corrected chi connectivity index (χ4v) is 3.73. The van der Waals surface area contributed by atoms with E-state index >= 15 is 0 Å². The summed E-state index contributed by atoms with van der Waals surface area (Å²) in [5, 5.41) is 3.54. The highest BCUT2D eigenvalue weighted by Crippen LogP contribution is 2.38. The van der Waals surface area contributed by atoms with Gasteiger partial charge in [-0.2, -0.15) is 11.8 Å². The van der Waals surface area contributed by atoms with Crippen LogP contribution in [0.25, 0.3) is 0 Å². The molecule has 0 spiro atoms. The predicted octanol–water partition coefficient (Wildman–Crippen LogP) is 3.39. The van der Waals surface area contributed by atoms with Crippen LogP contribution in [-0.2, 0) is 11.3 Å². The van der Waals surface area contributed by atoms with E-state index in [0.29, 0.717) is 11.9 Å². The van der Waals surface area contributed by atoms with Gasteiger partial charge in [0.2, 0.25) is 0 Å². The van der Waals surface area contributed by atoms with Crippen LogP contribution in [0.5, 0.6) is 0 Å². The van der Waals surface area contributed by atoms with Crippen molar-refractivity contribution in [3.05, 3.63) is 16.0 Å². The van der Waals surface area contributed by atoms with E-state index in [9.17, 15) is 0 Å². The molecule has 1 aromatic rings. The lowest BCUT2D eigenvalue weighted by atomic mass is 10.2. The first-order valence-corrected chi connectivity index (χ1v) is 7.95. The van der Waals surface area contributed by atoms with Crippen LogP contribution in [0.3, 0.4) is 0 Å². The quantitative estimate of drug-likeness (QED) is 0.916. The average Bonchev–Trinajstić information content (AvgIpc) is 2.42. The molecule has 0 saturated carbocycles. The Labute approximate surface area is 120 Å². The SMILES string of the molecule is CNc1nc(C2CCCCS2)nc(COC)c1Br. The molecule has 0 aromatic carbocycles. The zero-order chi connectivity index (χ0) is 13.0. The van der Waals surface area contributed by atoms with Gasteiger partial charge in [-0.1, -0.05) is 6.42 Å². The normalized spacial score (nSPS) is 19.8. The van der Waals surface area contributed by atoms with E-state index in [4.69, 9.17) is 4.74 Å². The molecule has 1 atom stereocenters. The van der Waals surface area contributed by atoms with Crippen molar-refractivity contribution in [2.24, 2.45) is 0 Å². The smallest absolute Gasteiger partial charge is 0.144 e. The van der Waals surface area contributed by atoms with Gasteiger partial charge in [0.15, 0.2) is 0 Å². The van der Waals surface area contributed by atoms with Gasteiger partial charge in [0.25, 0.3) is 0 Å². The molecule has 1 aromatic heterocycles. The molecule has 1 aliphatic rings. The van der Waals surface area contributed by atoms with Gasteiger partial charge in [-0.15, -0.1) is 0 Å². The van der Waals surface area contributed by atoms with Crippen LogP contribution in [0.4, 0.5) is 5.82 Å². The summed E-state index contributed by atoms with van der Waals surface area (Å²) < 4.78 is 6.10. The number of nitrogens with one attached hydrogen (secondary N) is 1. The van der Waals surface area contributed by atoms with Crippen molar-refractivity contribution >= 4 is 33.5 Å². The first-order valence-electron chi connectivity index (χ1n) is 6.11. The number of halogens is 1. The monoisotopic (exact) mass is 331 g/mol. The Morgan fingerprint density at radius 3 is 2.89 bits per heavy atom. The Morgan fingerprint density at radius 1 is 1.44 bits per heavy atom. The minimum Gasteiger partial charge on any atom is -0.378 e. The maximum atomic E-state index is 5.20. The highest BCUT2D eigenvalue weighted by atomic mass is 79.9. The Bertz CT molecular complexity index is 411. The topological polar surface area (TPSA) is 47.0 Å². The second-order valence-electron chi connectivity index (χ2n) is 4.23. The Kier molecular flexibility index (Phi) is 5.26. The molecular formula is C12H18BrN3OS. The van der Waals surface area contributed by atoms with Crippen molar-refractivity contribution in [3.63, 3.8) is 0 Å². The van der Waals surface area contributed by atoms with Gasteiger partial charge in [0, 0.05) is 14.2 Å². The molecule has 2 rings (SSSR count). The molecule has 6 heteroatoms. The van der Waals surface area contributed by atoms with E-state index in [1.165, 1.54) is 25.0 Å². The van der Waals surface area contributed by atoms with E-state index in [1.807, 2.05) is 18.8 Å². The molecule has 0 radical (unpaired) electrons. The number of thioether (sulfide) groups is 1. The lowest BCUT2D eigenvalue weighted by Crippen LogP contribution is -2.11. The Hall–Kier alpha value is -0.330. The minimum atomic E-state index is 0.426. The van der Waals surface area contributed by atoms with Crippen molar-refractivity contribution in [2.75, 3.05) is 25.2 Å². The van der Waals surface area contributed by atoms with E-state index in [2.05, 4.69) is 31.2 Å². The van der Waals surface area contributed by atoms with E-state index in [1.54, 1.807) is 7.11 Å². The third kappa shape index (κ3) is 3.16. The summed E-state index contributed by atoms with van der Waals surface area (Å²) in [7, 11) is 3.56. The lowest BCUT2D eigenvalue weighted by molar-refractivity contribution is 0.180. The van der Waals surface area contributed by atoms with E-state index in [-0.39, 0.29) is 0 Å². The number of anilines is 1. The van der Waals surface area contributed by atoms with Crippen molar-refractivity contribution in [2.45, 2.75) is 31.1 Å². The maximum absolute atomic E-state index is 5.20. The molecule has 4 nitrogen and oxygen atoms in total. The summed E-state index contributed by atoms with van der Waals surface area (Å²) in [6.45, 7) is 0.502. The molecule has 0 aliphatic carbocycles. The Morgan fingerprint density at radius 2 is 2.28 bits per heavy atom. The summed E-state index contributed by atoms with van der Waals surface area (Å²) >= 11 is 5.49. The van der Waals surface area contributed by atoms with Crippen LogP contribution in [-0.4, -0.2) is 29.9 Å². The highest BCUT2D eigenvalue weighted by Gasteiger charge is 2.21. The van der Waals surface area contributed by atoms with Gasteiger partial charge in [-0.3, -0.25) is 0 Å². The van der Waals surface area contributed by atoms with Crippen molar-refractivity contribution in [1.29, 1.82) is 0 Å². The number of rotatable bonds is 4. The third-order valence-corrected chi connectivity index (χ3v) is 5.13. The van der Waals surface area contributed by atoms with E-state index in [0.717, 1.165) is 21.8 Å². The number of methoxy groups -OCH3 is 1. The predicted molar refractivity (Wildman–Crippen MR) is 79.0 cm³/mol. The second-order valence-corrected chi connectivity index (χ2v) is 6.33. The minimum absolute atomic E-state index is 0.426. The van der Waals surface area contributed by atoms with Gasteiger partial charge < -0.3 is 10.1 Å². The molecule has 1 unspecified atom stereocenters. The summed E-state index contributed by atoms with van der Waals surface area (Å²) in [4.78, 5) is 9.26. The van der Waals surface area contributed by atoms with Gasteiger partial charge in [0.05, 0.1) is 22.0 Å². The molecule has 2 heterocycles. The molecule has 1 aliphatic heterocycles. The maximum Gasteiger partial charge on any atom is 0.144 e. The Balaban J connectivity index is 2.31. The second kappa shape index (κ2) is 6.73. The average molecular weight is 332 g/mol. The summed E-state index contributed by atoms with van der Waals surface area (Å²) in [6.07, 6.45) is 3.75. The summed E-state index contributed by atoms with van der Waals surface area (Å²) in [6, 6.07) is 0. The van der Waals surface area contributed by atoms with Crippen LogP contribution >= 0.6 is 27.7 Å². The van der Waals surface area contributed by atoms with Gasteiger partial charge in [0.1, 0.15) is 11.6 Å².